The second-order valence-corrected chi connectivity index (χ2v) is 3.37. The van der Waals surface area contributed by atoms with Crippen molar-refractivity contribution in [3.8, 4) is 0 Å². The number of nitrogens with zero attached hydrogens (tertiary/aromatic N) is 3. The lowest BCUT2D eigenvalue weighted by atomic mass is 10.1. The van der Waals surface area contributed by atoms with Crippen molar-refractivity contribution >= 4 is 16.5 Å². The quantitative estimate of drug-likeness (QED) is 0.633. The lowest BCUT2D eigenvalue weighted by molar-refractivity contribution is 0.683. The van der Waals surface area contributed by atoms with E-state index in [9.17, 15) is 0 Å². The molecule has 0 aromatic carbocycles. The normalized spacial score (nSPS) is 18.7. The van der Waals surface area contributed by atoms with Gasteiger partial charge in [-0.3, -0.25) is 0 Å². The standard InChI is InChI=1S/C7H10N3S/c1-2-4-10(5-3-1)7-6-8-9-11-7/h1,6H,2-5H2. The van der Waals surface area contributed by atoms with E-state index >= 15 is 0 Å². The Morgan fingerprint density at radius 1 is 1.36 bits per heavy atom. The van der Waals surface area contributed by atoms with Crippen LogP contribution in [0.3, 0.4) is 0 Å². The first-order valence-corrected chi connectivity index (χ1v) is 4.58. The van der Waals surface area contributed by atoms with Gasteiger partial charge in [0.2, 0.25) is 0 Å². The summed E-state index contributed by atoms with van der Waals surface area (Å²) >= 11 is 1.48. The number of hydrogen-bond acceptors (Lipinski definition) is 4. The molecule has 0 unspecified atom stereocenters. The molecular formula is C7H10N3S. The van der Waals surface area contributed by atoms with Gasteiger partial charge in [0, 0.05) is 24.6 Å². The van der Waals surface area contributed by atoms with Crippen LogP contribution in [0.25, 0.3) is 0 Å². The van der Waals surface area contributed by atoms with Gasteiger partial charge in [0.05, 0.1) is 6.20 Å². The van der Waals surface area contributed by atoms with Gasteiger partial charge >= 0.3 is 0 Å². The molecule has 2 heterocycles. The highest BCUT2D eigenvalue weighted by atomic mass is 32.1. The maximum atomic E-state index is 3.84. The maximum Gasteiger partial charge on any atom is 0.132 e. The molecule has 0 bridgehead atoms. The Bertz CT molecular complexity index is 203. The van der Waals surface area contributed by atoms with Gasteiger partial charge in [-0.05, 0) is 19.3 Å². The third-order valence-corrected chi connectivity index (χ3v) is 2.59. The minimum atomic E-state index is 1.13. The molecule has 3 nitrogen and oxygen atoms in total. The Morgan fingerprint density at radius 2 is 2.18 bits per heavy atom. The van der Waals surface area contributed by atoms with Gasteiger partial charge in [-0.25, -0.2) is 0 Å². The van der Waals surface area contributed by atoms with Crippen LogP contribution in [0.4, 0.5) is 5.00 Å². The molecule has 4 heteroatoms. The van der Waals surface area contributed by atoms with Crippen molar-refractivity contribution in [3.05, 3.63) is 12.6 Å². The van der Waals surface area contributed by atoms with E-state index in [1.165, 1.54) is 29.4 Å². The Balaban J connectivity index is 2.04. The summed E-state index contributed by atoms with van der Waals surface area (Å²) in [5, 5.41) is 5.02. The van der Waals surface area contributed by atoms with Crippen LogP contribution in [0, 0.1) is 6.42 Å². The smallest absolute Gasteiger partial charge is 0.132 e. The second kappa shape index (κ2) is 3.17. The van der Waals surface area contributed by atoms with Crippen LogP contribution < -0.4 is 4.90 Å². The fourth-order valence-electron chi connectivity index (χ4n) is 1.27. The fourth-order valence-corrected chi connectivity index (χ4v) is 1.84. The van der Waals surface area contributed by atoms with Crippen LogP contribution in [0.2, 0.25) is 0 Å². The monoisotopic (exact) mass is 168 g/mol. The summed E-state index contributed by atoms with van der Waals surface area (Å²) in [7, 11) is 0. The summed E-state index contributed by atoms with van der Waals surface area (Å²) in [6.45, 7) is 2.26. The van der Waals surface area contributed by atoms with Gasteiger partial charge in [-0.15, -0.1) is 5.10 Å². The molecule has 1 aliphatic heterocycles. The summed E-state index contributed by atoms with van der Waals surface area (Å²) in [5.41, 5.74) is 0. The number of rotatable bonds is 1. The molecule has 1 aromatic rings. The predicted octanol–water partition coefficient (Wildman–Crippen LogP) is 1.34. The highest BCUT2D eigenvalue weighted by molar-refractivity contribution is 7.09. The minimum Gasteiger partial charge on any atom is -0.361 e. The number of aromatic nitrogens is 2. The van der Waals surface area contributed by atoms with Gasteiger partial charge < -0.3 is 4.90 Å². The van der Waals surface area contributed by atoms with Crippen molar-refractivity contribution in [3.63, 3.8) is 0 Å². The van der Waals surface area contributed by atoms with Crippen molar-refractivity contribution in [2.45, 2.75) is 12.8 Å². The van der Waals surface area contributed by atoms with Gasteiger partial charge in [0.15, 0.2) is 0 Å². The Kier molecular flexibility index (Phi) is 2.03. The van der Waals surface area contributed by atoms with Gasteiger partial charge in [0.25, 0.3) is 0 Å². The second-order valence-electron chi connectivity index (χ2n) is 2.61. The van der Waals surface area contributed by atoms with Gasteiger partial charge in [-0.1, -0.05) is 4.49 Å². The number of hydrogen-bond donors (Lipinski definition) is 0. The SMILES string of the molecule is [CH]1CCN(c2cnns2)CC1. The van der Waals surface area contributed by atoms with E-state index < -0.39 is 0 Å². The van der Waals surface area contributed by atoms with Crippen LogP contribution >= 0.6 is 11.5 Å². The molecule has 0 saturated carbocycles. The fraction of sp³-hybridized carbons (Fsp3) is 0.571. The first kappa shape index (κ1) is 7.03. The van der Waals surface area contributed by atoms with E-state index in [-0.39, 0.29) is 0 Å². The first-order chi connectivity index (χ1) is 5.47. The zero-order valence-corrected chi connectivity index (χ0v) is 7.05. The molecule has 0 N–H and O–H groups in total. The Labute approximate surface area is 70.2 Å². The number of piperidine rings is 1. The molecular weight excluding hydrogens is 158 g/mol. The van der Waals surface area contributed by atoms with Crippen LogP contribution in [0.15, 0.2) is 6.20 Å². The minimum absolute atomic E-state index is 1.13. The zero-order chi connectivity index (χ0) is 7.52. The third kappa shape index (κ3) is 1.50. The average molecular weight is 168 g/mol. The van der Waals surface area contributed by atoms with E-state index in [0.717, 1.165) is 13.1 Å². The molecule has 2 rings (SSSR count). The molecule has 1 saturated heterocycles. The summed E-state index contributed by atoms with van der Waals surface area (Å²) in [5.74, 6) is 0. The molecule has 59 valence electrons. The molecule has 0 aliphatic carbocycles. The van der Waals surface area contributed by atoms with Gasteiger partial charge in [0.1, 0.15) is 5.00 Å². The molecule has 1 aliphatic rings. The highest BCUT2D eigenvalue weighted by Crippen LogP contribution is 2.20. The maximum absolute atomic E-state index is 3.84. The number of anilines is 1. The largest absolute Gasteiger partial charge is 0.361 e. The Morgan fingerprint density at radius 3 is 2.82 bits per heavy atom. The summed E-state index contributed by atoms with van der Waals surface area (Å²) in [6.07, 6.45) is 6.57. The molecule has 0 amide bonds. The molecule has 0 spiro atoms. The lowest BCUT2D eigenvalue weighted by Crippen LogP contribution is -2.28. The van der Waals surface area contributed by atoms with Crippen molar-refractivity contribution in [1.29, 1.82) is 0 Å². The molecule has 1 radical (unpaired) electrons. The van der Waals surface area contributed by atoms with E-state index in [0.29, 0.717) is 0 Å². The zero-order valence-electron chi connectivity index (χ0n) is 6.23. The lowest BCUT2D eigenvalue weighted by Gasteiger charge is -2.25. The average Bonchev–Trinajstić information content (AvgIpc) is 2.58. The van der Waals surface area contributed by atoms with E-state index in [2.05, 4.69) is 20.9 Å². The van der Waals surface area contributed by atoms with Crippen molar-refractivity contribution in [2.75, 3.05) is 18.0 Å². The third-order valence-electron chi connectivity index (χ3n) is 1.87. The van der Waals surface area contributed by atoms with Gasteiger partial charge in [-0.2, -0.15) is 0 Å². The van der Waals surface area contributed by atoms with E-state index in [4.69, 9.17) is 0 Å². The van der Waals surface area contributed by atoms with Crippen molar-refractivity contribution < 1.29 is 0 Å². The predicted molar refractivity (Wildman–Crippen MR) is 45.7 cm³/mol. The molecule has 0 atom stereocenters. The summed E-state index contributed by atoms with van der Waals surface area (Å²) in [6, 6.07) is 0. The van der Waals surface area contributed by atoms with Crippen molar-refractivity contribution in [2.24, 2.45) is 0 Å². The van der Waals surface area contributed by atoms with Crippen LogP contribution in [0.5, 0.6) is 0 Å². The van der Waals surface area contributed by atoms with Crippen LogP contribution in [-0.4, -0.2) is 22.7 Å². The summed E-state index contributed by atoms with van der Waals surface area (Å²) in [4.78, 5) is 2.34. The molecule has 1 aromatic heterocycles. The summed E-state index contributed by atoms with van der Waals surface area (Å²) < 4.78 is 3.84. The Hall–Kier alpha value is -0.640. The first-order valence-electron chi connectivity index (χ1n) is 3.81. The van der Waals surface area contributed by atoms with Crippen LogP contribution in [0.1, 0.15) is 12.8 Å². The highest BCUT2D eigenvalue weighted by Gasteiger charge is 2.11. The van der Waals surface area contributed by atoms with E-state index in [1.54, 1.807) is 0 Å². The van der Waals surface area contributed by atoms with E-state index in [1.807, 2.05) is 6.20 Å². The molecule has 1 fully saturated rings. The molecule has 11 heavy (non-hydrogen) atoms. The topological polar surface area (TPSA) is 29.0 Å². The van der Waals surface area contributed by atoms with Crippen molar-refractivity contribution in [1.82, 2.24) is 9.59 Å². The van der Waals surface area contributed by atoms with Crippen LogP contribution in [-0.2, 0) is 0 Å².